The molecule has 19 heteroatoms. The molecule has 0 fully saturated rings. The topological polar surface area (TPSA) is 237 Å². The third kappa shape index (κ3) is 69.2. The van der Waals surface area contributed by atoms with Gasteiger partial charge in [0.2, 0.25) is 0 Å². The molecule has 5 atom stereocenters. The van der Waals surface area contributed by atoms with Crippen LogP contribution in [-0.4, -0.2) is 96.7 Å². The van der Waals surface area contributed by atoms with E-state index < -0.39 is 97.5 Å². The van der Waals surface area contributed by atoms with E-state index in [1.807, 2.05) is 0 Å². The van der Waals surface area contributed by atoms with Crippen LogP contribution in [0.4, 0.5) is 0 Å². The fraction of sp³-hybridized carbons (Fsp3) is 0.818. The smallest absolute Gasteiger partial charge is 0.462 e. The Kier molecular flexibility index (Phi) is 67.8. The molecule has 0 spiro atoms. The number of allylic oxidation sites excluding steroid dienone is 10. The van der Waals surface area contributed by atoms with Crippen molar-refractivity contribution in [2.75, 3.05) is 39.6 Å². The number of unbranched alkanes of at least 4 members (excludes halogenated alkanes) is 38. The summed E-state index contributed by atoms with van der Waals surface area (Å²) in [6.45, 7) is 4.82. The Morgan fingerprint density at radius 1 is 0.302 bits per heavy atom. The second-order valence-corrected chi connectivity index (χ2v) is 28.9. The van der Waals surface area contributed by atoms with Crippen molar-refractivity contribution in [1.29, 1.82) is 0 Å². The van der Waals surface area contributed by atoms with E-state index in [0.29, 0.717) is 25.7 Å². The summed E-state index contributed by atoms with van der Waals surface area (Å²) in [6.07, 6.45) is 67.7. The van der Waals surface area contributed by atoms with Crippen LogP contribution in [0.5, 0.6) is 0 Å². The predicted molar refractivity (Wildman–Crippen MR) is 390 cm³/mol. The van der Waals surface area contributed by atoms with E-state index >= 15 is 0 Å². The average molecular weight is 1400 g/mol. The summed E-state index contributed by atoms with van der Waals surface area (Å²) in [4.78, 5) is 72.8. The number of hydrogen-bond donors (Lipinski definition) is 3. The highest BCUT2D eigenvalue weighted by molar-refractivity contribution is 7.47. The van der Waals surface area contributed by atoms with E-state index in [1.165, 1.54) is 128 Å². The van der Waals surface area contributed by atoms with Gasteiger partial charge in [-0.05, 0) is 109 Å². The number of hydrogen-bond acceptors (Lipinski definition) is 15. The molecule has 0 aliphatic heterocycles. The van der Waals surface area contributed by atoms with Gasteiger partial charge < -0.3 is 33.8 Å². The zero-order chi connectivity index (χ0) is 70.4. The highest BCUT2D eigenvalue weighted by Crippen LogP contribution is 2.45. The molecular weight excluding hydrogens is 1260 g/mol. The fourth-order valence-corrected chi connectivity index (χ4v) is 12.1. The van der Waals surface area contributed by atoms with Gasteiger partial charge in [0.05, 0.1) is 26.4 Å². The van der Waals surface area contributed by atoms with Crippen molar-refractivity contribution in [3.05, 3.63) is 60.8 Å². The molecule has 0 heterocycles. The lowest BCUT2D eigenvalue weighted by Gasteiger charge is -2.21. The molecule has 0 bridgehead atoms. The molecule has 17 nitrogen and oxygen atoms in total. The number of carbonyl (C=O) groups is 4. The quantitative estimate of drug-likeness (QED) is 0.0128. The summed E-state index contributed by atoms with van der Waals surface area (Å²) < 4.78 is 68.5. The lowest BCUT2D eigenvalue weighted by Crippen LogP contribution is -2.30. The predicted octanol–water partition coefficient (Wildman–Crippen LogP) is 21.9. The zero-order valence-electron chi connectivity index (χ0n) is 61.1. The lowest BCUT2D eigenvalue weighted by atomic mass is 10.0. The van der Waals surface area contributed by atoms with E-state index in [9.17, 15) is 43.2 Å². The van der Waals surface area contributed by atoms with Gasteiger partial charge in [0, 0.05) is 25.7 Å². The van der Waals surface area contributed by atoms with Crippen LogP contribution in [0, 0.1) is 0 Å². The average Bonchev–Trinajstić information content (AvgIpc) is 1.19. The maximum atomic E-state index is 13.1. The molecule has 96 heavy (non-hydrogen) atoms. The number of aliphatic hydroxyl groups excluding tert-OH is 1. The maximum Gasteiger partial charge on any atom is 0.472 e. The second-order valence-electron chi connectivity index (χ2n) is 26.0. The van der Waals surface area contributed by atoms with E-state index in [2.05, 4.69) is 88.5 Å². The van der Waals surface area contributed by atoms with E-state index in [-0.39, 0.29) is 25.7 Å². The Balaban J connectivity index is 5.35. The monoisotopic (exact) mass is 1400 g/mol. The molecule has 0 amide bonds. The van der Waals surface area contributed by atoms with Gasteiger partial charge in [0.15, 0.2) is 12.2 Å². The van der Waals surface area contributed by atoms with Crippen molar-refractivity contribution in [3.63, 3.8) is 0 Å². The summed E-state index contributed by atoms with van der Waals surface area (Å²) in [5.74, 6) is -2.19. The van der Waals surface area contributed by atoms with Crippen molar-refractivity contribution in [1.82, 2.24) is 0 Å². The Bertz CT molecular complexity index is 2060. The number of esters is 4. The molecule has 0 aliphatic carbocycles. The Morgan fingerprint density at radius 2 is 0.542 bits per heavy atom. The van der Waals surface area contributed by atoms with Crippen LogP contribution in [0.3, 0.4) is 0 Å². The van der Waals surface area contributed by atoms with E-state index in [4.69, 9.17) is 37.0 Å². The van der Waals surface area contributed by atoms with Gasteiger partial charge in [-0.25, -0.2) is 9.13 Å². The van der Waals surface area contributed by atoms with Crippen molar-refractivity contribution in [3.8, 4) is 0 Å². The van der Waals surface area contributed by atoms with Crippen molar-refractivity contribution in [2.24, 2.45) is 0 Å². The summed E-state index contributed by atoms with van der Waals surface area (Å²) in [6, 6.07) is 0. The van der Waals surface area contributed by atoms with Gasteiger partial charge in [-0.15, -0.1) is 0 Å². The number of phosphoric ester groups is 2. The molecule has 0 aromatic carbocycles. The Morgan fingerprint density at radius 3 is 0.875 bits per heavy atom. The van der Waals surface area contributed by atoms with Crippen LogP contribution in [-0.2, 0) is 65.4 Å². The zero-order valence-corrected chi connectivity index (χ0v) is 62.8. The number of carbonyl (C=O) groups excluding carboxylic acids is 4. The molecule has 0 aromatic heterocycles. The molecule has 2 unspecified atom stereocenters. The number of ether oxygens (including phenoxy) is 4. The summed E-state index contributed by atoms with van der Waals surface area (Å²) in [7, 11) is -9.94. The molecule has 560 valence electrons. The first-order valence-corrected chi connectivity index (χ1v) is 41.5. The second kappa shape index (κ2) is 70.2. The first kappa shape index (κ1) is 92.8. The Labute approximate surface area is 584 Å². The largest absolute Gasteiger partial charge is 0.472 e. The summed E-state index contributed by atoms with van der Waals surface area (Å²) in [5, 5.41) is 10.6. The lowest BCUT2D eigenvalue weighted by molar-refractivity contribution is -0.161. The molecule has 0 saturated heterocycles. The highest BCUT2D eigenvalue weighted by Gasteiger charge is 2.30. The molecule has 0 rings (SSSR count). The van der Waals surface area contributed by atoms with Gasteiger partial charge in [-0.2, -0.15) is 0 Å². The van der Waals surface area contributed by atoms with Crippen LogP contribution >= 0.6 is 15.6 Å². The number of aliphatic hydroxyl groups is 1. The number of phosphoric acid groups is 2. The molecule has 3 N–H and O–H groups in total. The van der Waals surface area contributed by atoms with Crippen LogP contribution in [0.1, 0.15) is 349 Å². The third-order valence-electron chi connectivity index (χ3n) is 16.5. The van der Waals surface area contributed by atoms with Gasteiger partial charge in [0.1, 0.15) is 19.3 Å². The van der Waals surface area contributed by atoms with Crippen LogP contribution in [0.2, 0.25) is 0 Å². The van der Waals surface area contributed by atoms with Gasteiger partial charge in [-0.3, -0.25) is 37.3 Å². The SMILES string of the molecule is CCCCC/C=C\C/C=C\CCCCCCCC(=O)O[C@H](COC(=O)CCCCCCC/C=C\CCCCCC)COP(=O)(O)OC[C@H](O)COP(=O)(O)OC[C@@H](COC(=O)CCCCCCCCCCCCCCC)OC(=O)CCCCCCC/C=C\C=C/CCCCCC. The Hall–Kier alpha value is -3.24. The van der Waals surface area contributed by atoms with Crippen molar-refractivity contribution in [2.45, 2.75) is 367 Å². The van der Waals surface area contributed by atoms with Crippen molar-refractivity contribution >= 4 is 39.5 Å². The van der Waals surface area contributed by atoms with Gasteiger partial charge in [0.25, 0.3) is 0 Å². The minimum atomic E-state index is -4.97. The first-order valence-electron chi connectivity index (χ1n) is 38.5. The maximum absolute atomic E-state index is 13.1. The highest BCUT2D eigenvalue weighted by atomic mass is 31.2. The fourth-order valence-electron chi connectivity index (χ4n) is 10.5. The molecule has 0 radical (unpaired) electrons. The van der Waals surface area contributed by atoms with Crippen LogP contribution in [0.25, 0.3) is 0 Å². The minimum absolute atomic E-state index is 0.0807. The summed E-state index contributed by atoms with van der Waals surface area (Å²) >= 11 is 0. The minimum Gasteiger partial charge on any atom is -0.462 e. The normalized spacial score (nSPS) is 14.3. The summed E-state index contributed by atoms with van der Waals surface area (Å²) in [5.41, 5.74) is 0. The van der Waals surface area contributed by atoms with Gasteiger partial charge >= 0.3 is 39.5 Å². The van der Waals surface area contributed by atoms with Crippen molar-refractivity contribution < 1.29 is 80.2 Å². The molecule has 0 saturated carbocycles. The molecular formula is C77H140O17P2. The number of rotatable bonds is 73. The first-order chi connectivity index (χ1) is 46.7. The van der Waals surface area contributed by atoms with Gasteiger partial charge in [-0.1, -0.05) is 275 Å². The van der Waals surface area contributed by atoms with Crippen LogP contribution < -0.4 is 0 Å². The van der Waals surface area contributed by atoms with Crippen LogP contribution in [0.15, 0.2) is 60.8 Å². The van der Waals surface area contributed by atoms with E-state index in [0.717, 1.165) is 141 Å². The standard InChI is InChI=1S/C77H140O17P2/c1-5-9-13-17-21-25-29-33-35-39-43-47-51-55-59-63-76(81)93-72(67-87-74(79)61-57-53-49-45-41-37-31-27-23-19-15-11-7-3)69-91-95(83,84)89-65-71(78)66-90-96(85,86)92-70-73(68-88-75(80)62-58-54-50-46-42-38-32-28-24-20-16-12-8-4)94-77(82)64-60-56-52-48-44-40-36-34-30-26-22-18-14-10-6-2/h21,25-27,30-31,33-36,71-73,78H,5-20,22-24,28-29,32,37-70H2,1-4H3,(H,83,84)(H,85,86)/b25-21-,30-26-,31-27-,35-33-,36-34-/t71-,72+,73+/m0/s1. The molecule has 0 aromatic rings. The van der Waals surface area contributed by atoms with E-state index in [1.54, 1.807) is 0 Å². The molecule has 0 aliphatic rings. The third-order valence-corrected chi connectivity index (χ3v) is 18.4.